The fourth-order valence-electron chi connectivity index (χ4n) is 8.73. The Hall–Kier alpha value is -4.10. The summed E-state index contributed by atoms with van der Waals surface area (Å²) in [7, 11) is 0. The van der Waals surface area contributed by atoms with Gasteiger partial charge in [0.1, 0.15) is 0 Å². The normalized spacial score (nSPS) is 13.5. The van der Waals surface area contributed by atoms with Gasteiger partial charge in [-0.3, -0.25) is 0 Å². The first-order valence-electron chi connectivity index (χ1n) is 20.9. The highest BCUT2D eigenvalue weighted by Gasteiger charge is 2.42. The van der Waals surface area contributed by atoms with Crippen molar-refractivity contribution in [1.29, 1.82) is 0 Å². The molecule has 5 aromatic carbocycles. The zero-order chi connectivity index (χ0) is 36.2. The molecule has 0 aliphatic heterocycles. The first kappa shape index (κ1) is 37.7. The van der Waals surface area contributed by atoms with Crippen molar-refractivity contribution in [2.45, 2.75) is 135 Å². The number of benzene rings is 5. The lowest BCUT2D eigenvalue weighted by Gasteiger charge is -2.33. The minimum absolute atomic E-state index is 0.100. The van der Waals surface area contributed by atoms with Gasteiger partial charge in [-0.05, 0) is 107 Å². The summed E-state index contributed by atoms with van der Waals surface area (Å²) in [6.07, 6.45) is 19.8. The maximum atomic E-state index is 2.58. The molecule has 1 atom stereocenters. The average Bonchev–Trinajstić information content (AvgIpc) is 3.47. The minimum Gasteiger partial charge on any atom is -0.311 e. The predicted octanol–water partition coefficient (Wildman–Crippen LogP) is 16.1. The molecule has 0 aromatic heterocycles. The quantitative estimate of drug-likeness (QED) is 0.0735. The van der Waals surface area contributed by atoms with Gasteiger partial charge in [0.2, 0.25) is 0 Å². The topological polar surface area (TPSA) is 3.24 Å². The molecule has 52 heavy (non-hydrogen) atoms. The lowest BCUT2D eigenvalue weighted by Crippen LogP contribution is -2.25. The highest BCUT2D eigenvalue weighted by molar-refractivity contribution is 5.85. The number of anilines is 3. The molecule has 1 aliphatic carbocycles. The van der Waals surface area contributed by atoms with Crippen molar-refractivity contribution in [1.82, 2.24) is 0 Å². The van der Waals surface area contributed by atoms with Gasteiger partial charge in [0.15, 0.2) is 0 Å². The molecule has 1 nitrogen and oxygen atoms in total. The van der Waals surface area contributed by atoms with Crippen LogP contribution in [0.1, 0.15) is 147 Å². The van der Waals surface area contributed by atoms with E-state index in [0.29, 0.717) is 5.92 Å². The zero-order valence-corrected chi connectivity index (χ0v) is 32.7. The number of rotatable bonds is 20. The van der Waals surface area contributed by atoms with E-state index in [9.17, 15) is 0 Å². The van der Waals surface area contributed by atoms with E-state index in [1.807, 2.05) is 0 Å². The summed E-state index contributed by atoms with van der Waals surface area (Å²) in [5, 5.41) is 0. The summed E-state index contributed by atoms with van der Waals surface area (Å²) in [5.41, 5.74) is 13.8. The molecule has 0 heterocycles. The number of unbranched alkanes of at least 4 members (excludes halogenated alkanes) is 10. The number of fused-ring (bicyclic) bond motifs is 3. The van der Waals surface area contributed by atoms with Crippen molar-refractivity contribution in [3.63, 3.8) is 0 Å². The fourth-order valence-corrected chi connectivity index (χ4v) is 8.73. The summed E-state index contributed by atoms with van der Waals surface area (Å²) in [6, 6.07) is 46.1. The molecule has 1 unspecified atom stereocenters. The predicted molar refractivity (Wildman–Crippen MR) is 227 cm³/mol. The highest BCUT2D eigenvalue weighted by Crippen LogP contribution is 2.55. The van der Waals surface area contributed by atoms with Crippen LogP contribution >= 0.6 is 0 Å². The summed E-state index contributed by atoms with van der Waals surface area (Å²) in [5.74, 6) is 0.564. The molecule has 0 saturated heterocycles. The van der Waals surface area contributed by atoms with E-state index in [1.165, 1.54) is 135 Å². The first-order valence-corrected chi connectivity index (χ1v) is 20.9. The summed E-state index contributed by atoms with van der Waals surface area (Å²) in [4.78, 5) is 2.38. The van der Waals surface area contributed by atoms with Crippen molar-refractivity contribution in [2.75, 3.05) is 4.90 Å². The Labute approximate surface area is 316 Å². The van der Waals surface area contributed by atoms with Gasteiger partial charge in [0, 0.05) is 22.5 Å². The van der Waals surface area contributed by atoms with Gasteiger partial charge < -0.3 is 4.90 Å². The van der Waals surface area contributed by atoms with E-state index in [0.717, 1.165) is 6.42 Å². The second-order valence-corrected chi connectivity index (χ2v) is 15.5. The number of hydrogen-bond acceptors (Lipinski definition) is 1. The Bertz CT molecular complexity index is 1780. The molecule has 0 bridgehead atoms. The molecule has 1 aliphatic rings. The highest BCUT2D eigenvalue weighted by atomic mass is 15.1. The van der Waals surface area contributed by atoms with Crippen molar-refractivity contribution in [3.8, 4) is 22.3 Å². The van der Waals surface area contributed by atoms with E-state index < -0.39 is 0 Å². The van der Waals surface area contributed by atoms with Crippen molar-refractivity contribution < 1.29 is 0 Å². The SMILES string of the molecule is CCCCCCCCC1(CCCCCCCC)c2ccccc2-c2ccc(-c3ccc(N(c4ccccc4)c4ccc(C(C)CC)cc4)cc3)cc21. The van der Waals surface area contributed by atoms with Gasteiger partial charge in [-0.2, -0.15) is 0 Å². The molecular weight excluding hydrogens is 627 g/mol. The molecule has 0 amide bonds. The van der Waals surface area contributed by atoms with Gasteiger partial charge in [0.25, 0.3) is 0 Å². The summed E-state index contributed by atoms with van der Waals surface area (Å²) < 4.78 is 0. The third kappa shape index (κ3) is 8.57. The maximum Gasteiger partial charge on any atom is 0.0462 e. The second-order valence-electron chi connectivity index (χ2n) is 15.5. The van der Waals surface area contributed by atoms with E-state index >= 15 is 0 Å². The molecule has 0 N–H and O–H groups in total. The Balaban J connectivity index is 1.32. The van der Waals surface area contributed by atoms with Crippen LogP contribution in [0.25, 0.3) is 22.3 Å². The first-order chi connectivity index (χ1) is 25.6. The zero-order valence-electron chi connectivity index (χ0n) is 32.7. The molecule has 6 rings (SSSR count). The molecule has 0 fully saturated rings. The monoisotopic (exact) mass is 689 g/mol. The summed E-state index contributed by atoms with van der Waals surface area (Å²) in [6.45, 7) is 9.21. The van der Waals surface area contributed by atoms with Crippen LogP contribution in [0.3, 0.4) is 0 Å². The third-order valence-corrected chi connectivity index (χ3v) is 12.0. The molecule has 5 aromatic rings. The number of hydrogen-bond donors (Lipinski definition) is 0. The van der Waals surface area contributed by atoms with Crippen LogP contribution in [-0.2, 0) is 5.41 Å². The van der Waals surface area contributed by atoms with Gasteiger partial charge in [-0.1, -0.05) is 184 Å². The molecule has 1 heteroatoms. The lowest BCUT2D eigenvalue weighted by molar-refractivity contribution is 0.398. The number of para-hydroxylation sites is 1. The van der Waals surface area contributed by atoms with E-state index in [4.69, 9.17) is 0 Å². The minimum atomic E-state index is 0.100. The Kier molecular flexibility index (Phi) is 13.5. The van der Waals surface area contributed by atoms with Crippen molar-refractivity contribution in [2.24, 2.45) is 0 Å². The molecule has 272 valence electrons. The molecule has 0 saturated carbocycles. The summed E-state index contributed by atoms with van der Waals surface area (Å²) >= 11 is 0. The second kappa shape index (κ2) is 18.6. The van der Waals surface area contributed by atoms with Crippen LogP contribution in [0.2, 0.25) is 0 Å². The van der Waals surface area contributed by atoms with E-state index in [1.54, 1.807) is 11.1 Å². The van der Waals surface area contributed by atoms with Crippen LogP contribution in [0, 0.1) is 0 Å². The average molecular weight is 690 g/mol. The van der Waals surface area contributed by atoms with Crippen LogP contribution in [0.4, 0.5) is 17.1 Å². The van der Waals surface area contributed by atoms with Gasteiger partial charge in [-0.25, -0.2) is 0 Å². The smallest absolute Gasteiger partial charge is 0.0462 e. The van der Waals surface area contributed by atoms with Crippen molar-refractivity contribution >= 4 is 17.1 Å². The van der Waals surface area contributed by atoms with Crippen LogP contribution in [0.5, 0.6) is 0 Å². The van der Waals surface area contributed by atoms with E-state index in [-0.39, 0.29) is 5.41 Å². The van der Waals surface area contributed by atoms with Crippen LogP contribution in [0.15, 0.2) is 121 Å². The lowest BCUT2D eigenvalue weighted by atomic mass is 9.70. The largest absolute Gasteiger partial charge is 0.311 e. The van der Waals surface area contributed by atoms with Crippen LogP contribution < -0.4 is 4.90 Å². The Morgan fingerprint density at radius 3 is 1.58 bits per heavy atom. The molecular formula is C51H63N. The van der Waals surface area contributed by atoms with Gasteiger partial charge >= 0.3 is 0 Å². The molecule has 0 radical (unpaired) electrons. The Morgan fingerprint density at radius 2 is 0.962 bits per heavy atom. The molecule has 0 spiro atoms. The third-order valence-electron chi connectivity index (χ3n) is 12.0. The van der Waals surface area contributed by atoms with Gasteiger partial charge in [0.05, 0.1) is 0 Å². The Morgan fingerprint density at radius 1 is 0.462 bits per heavy atom. The van der Waals surface area contributed by atoms with Crippen molar-refractivity contribution in [3.05, 3.63) is 138 Å². The maximum absolute atomic E-state index is 2.58. The van der Waals surface area contributed by atoms with Crippen LogP contribution in [-0.4, -0.2) is 0 Å². The number of nitrogens with zero attached hydrogens (tertiary/aromatic N) is 1. The van der Waals surface area contributed by atoms with Gasteiger partial charge in [-0.15, -0.1) is 0 Å². The fraction of sp³-hybridized carbons (Fsp3) is 0.412. The standard InChI is InChI=1S/C51H63N/c1-5-8-10-12-14-21-37-51(38-22-15-13-11-9-6-2)49-26-20-19-25-47(49)48-36-31-43(39-50(48)51)42-29-34-46(35-30-42)52(44-23-17-16-18-24-44)45-32-27-41(28-33-45)40(4)7-3/h16-20,23-36,39-40H,5-15,21-22,37-38H2,1-4H3. The van der Waals surface area contributed by atoms with E-state index in [2.05, 4.69) is 154 Å².